The van der Waals surface area contributed by atoms with E-state index in [1.807, 2.05) is 22.8 Å². The lowest BCUT2D eigenvalue weighted by Crippen LogP contribution is -2.23. The van der Waals surface area contributed by atoms with E-state index >= 15 is 0 Å². The molecule has 0 saturated heterocycles. The van der Waals surface area contributed by atoms with Gasteiger partial charge in [0, 0.05) is 18.0 Å². The van der Waals surface area contributed by atoms with Crippen molar-refractivity contribution in [3.8, 4) is 17.2 Å². The molecule has 0 amide bonds. The van der Waals surface area contributed by atoms with Crippen LogP contribution < -0.4 is 19.8 Å². The maximum atomic E-state index is 13.5. The van der Waals surface area contributed by atoms with Gasteiger partial charge in [-0.25, -0.2) is 0 Å². The lowest BCUT2D eigenvalue weighted by atomic mass is 10.1. The third-order valence-corrected chi connectivity index (χ3v) is 6.11. The number of ether oxygens (including phenoxy) is 3. The Morgan fingerprint density at radius 2 is 1.71 bits per heavy atom. The van der Waals surface area contributed by atoms with Crippen LogP contribution in [-0.2, 0) is 6.54 Å². The average molecular weight is 484 g/mol. The summed E-state index contributed by atoms with van der Waals surface area (Å²) in [6, 6.07) is 5.91. The molecule has 35 heavy (non-hydrogen) atoms. The molecular formula is C30H45NO4. The summed E-state index contributed by atoms with van der Waals surface area (Å²) in [5.41, 5.74) is 3.28. The molecule has 0 unspecified atom stereocenters. The summed E-state index contributed by atoms with van der Waals surface area (Å²) in [7, 11) is 1.54. The highest BCUT2D eigenvalue weighted by Crippen LogP contribution is 2.35. The van der Waals surface area contributed by atoms with E-state index < -0.39 is 0 Å². The van der Waals surface area contributed by atoms with Crippen molar-refractivity contribution in [2.75, 3.05) is 20.3 Å². The number of aryl methyl sites for hydroxylation is 1. The summed E-state index contributed by atoms with van der Waals surface area (Å²) >= 11 is 0. The number of fused-ring (bicyclic) bond motifs is 1. The first-order valence-electron chi connectivity index (χ1n) is 13.2. The molecule has 0 aliphatic carbocycles. The van der Waals surface area contributed by atoms with E-state index in [1.165, 1.54) is 11.1 Å². The number of benzene rings is 1. The lowest BCUT2D eigenvalue weighted by molar-refractivity contribution is 0.309. The van der Waals surface area contributed by atoms with E-state index in [4.69, 9.17) is 14.2 Å². The van der Waals surface area contributed by atoms with Crippen molar-refractivity contribution in [1.29, 1.82) is 0 Å². The number of allylic oxidation sites excluding steroid dienone is 3. The zero-order valence-corrected chi connectivity index (χ0v) is 22.7. The zero-order valence-electron chi connectivity index (χ0n) is 22.7. The van der Waals surface area contributed by atoms with E-state index in [0.717, 1.165) is 68.0 Å². The van der Waals surface area contributed by atoms with Gasteiger partial charge in [-0.1, -0.05) is 56.8 Å². The van der Waals surface area contributed by atoms with Gasteiger partial charge in [0.2, 0.25) is 5.75 Å². The van der Waals surface area contributed by atoms with Crippen molar-refractivity contribution in [2.45, 2.75) is 92.5 Å². The van der Waals surface area contributed by atoms with E-state index in [-0.39, 0.29) is 11.3 Å². The second-order valence-electron chi connectivity index (χ2n) is 9.44. The van der Waals surface area contributed by atoms with Gasteiger partial charge in [0.25, 0.3) is 5.56 Å². The summed E-state index contributed by atoms with van der Waals surface area (Å²) < 4.78 is 19.6. The van der Waals surface area contributed by atoms with Crippen LogP contribution >= 0.6 is 0 Å². The molecule has 1 aromatic heterocycles. The van der Waals surface area contributed by atoms with Gasteiger partial charge >= 0.3 is 0 Å². The Kier molecular flexibility index (Phi) is 12.5. The van der Waals surface area contributed by atoms with Crippen molar-refractivity contribution < 1.29 is 14.2 Å². The predicted octanol–water partition coefficient (Wildman–Crippen LogP) is 7.84. The summed E-state index contributed by atoms with van der Waals surface area (Å²) in [6.07, 6.45) is 12.8. The molecule has 194 valence electrons. The molecule has 1 heterocycles. The smallest absolute Gasteiger partial charge is 0.297 e. The molecular weight excluding hydrogens is 438 g/mol. The standard InChI is InChI=1S/C30H45NO4/c1-7-9-11-12-19-31-27-22-25(34-20-10-8-2)16-17-26(27)28(29(33-6)30(31)32)35-21-18-24(5)15-13-14-23(3)4/h14,16-18,22H,7-13,15,19-21H2,1-6H3/b24-18+. The lowest BCUT2D eigenvalue weighted by Gasteiger charge is -2.18. The molecule has 0 saturated carbocycles. The zero-order chi connectivity index (χ0) is 25.6. The minimum absolute atomic E-state index is 0.151. The van der Waals surface area contributed by atoms with Gasteiger partial charge in [0.15, 0.2) is 5.75 Å². The molecule has 0 spiro atoms. The summed E-state index contributed by atoms with van der Waals surface area (Å²) in [5, 5.41) is 0.871. The number of pyridine rings is 1. The second kappa shape index (κ2) is 15.3. The van der Waals surface area contributed by atoms with Crippen LogP contribution in [-0.4, -0.2) is 24.9 Å². The molecule has 5 heteroatoms. The van der Waals surface area contributed by atoms with Crippen LogP contribution in [0.4, 0.5) is 0 Å². The van der Waals surface area contributed by atoms with Gasteiger partial charge < -0.3 is 18.8 Å². The highest BCUT2D eigenvalue weighted by Gasteiger charge is 2.19. The minimum Gasteiger partial charge on any atom is -0.494 e. The highest BCUT2D eigenvalue weighted by molar-refractivity contribution is 5.89. The summed E-state index contributed by atoms with van der Waals surface area (Å²) in [6.45, 7) is 12.4. The predicted molar refractivity (Wildman–Crippen MR) is 147 cm³/mol. The minimum atomic E-state index is -0.151. The van der Waals surface area contributed by atoms with Crippen LogP contribution in [0.25, 0.3) is 10.9 Å². The fourth-order valence-electron chi connectivity index (χ4n) is 4.00. The molecule has 2 aromatic rings. The Morgan fingerprint density at radius 3 is 2.40 bits per heavy atom. The van der Waals surface area contributed by atoms with Crippen LogP contribution in [0.3, 0.4) is 0 Å². The maximum Gasteiger partial charge on any atom is 0.297 e. The van der Waals surface area contributed by atoms with Gasteiger partial charge in [-0.15, -0.1) is 0 Å². The van der Waals surface area contributed by atoms with E-state index in [2.05, 4.69) is 46.8 Å². The number of hydrogen-bond acceptors (Lipinski definition) is 4. The van der Waals surface area contributed by atoms with Crippen molar-refractivity contribution in [3.63, 3.8) is 0 Å². The number of unbranched alkanes of at least 4 members (excludes halogenated alkanes) is 4. The van der Waals surface area contributed by atoms with Crippen molar-refractivity contribution >= 4 is 10.9 Å². The van der Waals surface area contributed by atoms with Gasteiger partial charge in [-0.2, -0.15) is 0 Å². The number of nitrogens with zero attached hydrogens (tertiary/aromatic N) is 1. The molecule has 0 bridgehead atoms. The Labute approximate surface area is 211 Å². The van der Waals surface area contributed by atoms with Crippen molar-refractivity contribution in [2.24, 2.45) is 0 Å². The van der Waals surface area contributed by atoms with Crippen LogP contribution in [0.1, 0.15) is 86.0 Å². The molecule has 0 aliphatic heterocycles. The first-order chi connectivity index (χ1) is 16.9. The van der Waals surface area contributed by atoms with E-state index in [1.54, 1.807) is 7.11 Å². The molecule has 0 aliphatic rings. The normalized spacial score (nSPS) is 11.5. The summed E-state index contributed by atoms with van der Waals surface area (Å²) in [5.74, 6) is 1.55. The molecule has 0 atom stereocenters. The Balaban J connectivity index is 2.40. The van der Waals surface area contributed by atoms with Crippen LogP contribution in [0.2, 0.25) is 0 Å². The number of rotatable bonds is 16. The van der Waals surface area contributed by atoms with Crippen LogP contribution in [0.5, 0.6) is 17.2 Å². The van der Waals surface area contributed by atoms with Gasteiger partial charge in [-0.3, -0.25) is 4.79 Å². The molecule has 0 N–H and O–H groups in total. The fraction of sp³-hybridized carbons (Fsp3) is 0.567. The largest absolute Gasteiger partial charge is 0.494 e. The van der Waals surface area contributed by atoms with Gasteiger partial charge in [0.1, 0.15) is 12.4 Å². The maximum absolute atomic E-state index is 13.5. The Morgan fingerprint density at radius 1 is 0.943 bits per heavy atom. The molecule has 0 radical (unpaired) electrons. The van der Waals surface area contributed by atoms with Crippen molar-refractivity contribution in [3.05, 3.63) is 51.9 Å². The first-order valence-corrected chi connectivity index (χ1v) is 13.2. The Hall–Kier alpha value is -2.69. The van der Waals surface area contributed by atoms with Crippen molar-refractivity contribution in [1.82, 2.24) is 4.57 Å². The van der Waals surface area contributed by atoms with Crippen LogP contribution in [0, 0.1) is 0 Å². The second-order valence-corrected chi connectivity index (χ2v) is 9.44. The average Bonchev–Trinajstić information content (AvgIpc) is 2.83. The monoisotopic (exact) mass is 483 g/mol. The fourth-order valence-corrected chi connectivity index (χ4v) is 4.00. The molecule has 5 nitrogen and oxygen atoms in total. The van der Waals surface area contributed by atoms with E-state index in [9.17, 15) is 4.79 Å². The third kappa shape index (κ3) is 8.79. The summed E-state index contributed by atoms with van der Waals surface area (Å²) in [4.78, 5) is 13.5. The number of hydrogen-bond donors (Lipinski definition) is 0. The number of methoxy groups -OCH3 is 1. The highest BCUT2D eigenvalue weighted by atomic mass is 16.5. The van der Waals surface area contributed by atoms with Crippen LogP contribution in [0.15, 0.2) is 46.3 Å². The molecule has 1 aromatic carbocycles. The Bertz CT molecular complexity index is 1040. The van der Waals surface area contributed by atoms with E-state index in [0.29, 0.717) is 25.5 Å². The topological polar surface area (TPSA) is 49.7 Å². The SMILES string of the molecule is CCCCCCn1c(=O)c(OC)c(OC/C=C(\C)CCC=C(C)C)c2ccc(OCCCC)cc21. The first kappa shape index (κ1) is 28.5. The molecule has 0 fully saturated rings. The van der Waals surface area contributed by atoms with Gasteiger partial charge in [0.05, 0.1) is 19.2 Å². The van der Waals surface area contributed by atoms with Gasteiger partial charge in [-0.05, 0) is 64.7 Å². The number of aromatic nitrogens is 1. The quantitative estimate of drug-likeness (QED) is 0.180. The third-order valence-electron chi connectivity index (χ3n) is 6.11. The molecule has 2 rings (SSSR count).